The number of methoxy groups -OCH3 is 1. The number of aromatic hydroxyl groups is 1. The maximum Gasteiger partial charge on any atom is 0.199 e. The van der Waals surface area contributed by atoms with Crippen LogP contribution in [0.3, 0.4) is 0 Å². The van der Waals surface area contributed by atoms with Gasteiger partial charge in [-0.25, -0.2) is 0 Å². The molecule has 1 heterocycles. The lowest BCUT2D eigenvalue weighted by molar-refractivity contribution is 0.104. The number of carbonyl (C=O) groups excluding carboxylic acids is 1. The zero-order valence-electron chi connectivity index (χ0n) is 14.5. The number of hydrogen-bond acceptors (Lipinski definition) is 4. The topological polar surface area (TPSA) is 69.6 Å². The summed E-state index contributed by atoms with van der Waals surface area (Å²) in [5.41, 5.74) is 1.58. The summed E-state index contributed by atoms with van der Waals surface area (Å²) < 4.78 is 18.9. The number of rotatable bonds is 4. The van der Waals surface area contributed by atoms with Crippen LogP contribution in [0.15, 0.2) is 72.8 Å². The second-order valence-corrected chi connectivity index (χ2v) is 7.46. The van der Waals surface area contributed by atoms with E-state index in [-0.39, 0.29) is 11.5 Å². The molecule has 0 saturated heterocycles. The average Bonchev–Trinajstić information content (AvgIpc) is 3.01. The van der Waals surface area contributed by atoms with Crippen molar-refractivity contribution in [2.75, 3.05) is 7.11 Å². The summed E-state index contributed by atoms with van der Waals surface area (Å²) in [6.45, 7) is 0. The van der Waals surface area contributed by atoms with Crippen LogP contribution in [0, 0.1) is 0 Å². The predicted molar refractivity (Wildman–Crippen MR) is 106 cm³/mol. The zero-order chi connectivity index (χ0) is 19.0. The lowest BCUT2D eigenvalue weighted by Gasteiger charge is -2.05. The van der Waals surface area contributed by atoms with E-state index in [0.29, 0.717) is 37.4 Å². The molecule has 0 aliphatic carbocycles. The fraction of sp³-hybridized carbons (Fsp3) is 0.0455. The second-order valence-electron chi connectivity index (χ2n) is 6.07. The van der Waals surface area contributed by atoms with Gasteiger partial charge in [-0.1, -0.05) is 12.1 Å². The molecule has 0 bridgehead atoms. The number of carbonyl (C=O) groups is 1. The van der Waals surface area contributed by atoms with Crippen molar-refractivity contribution in [2.24, 2.45) is 0 Å². The number of thiophene rings is 1. The third kappa shape index (κ3) is 2.97. The van der Waals surface area contributed by atoms with Crippen LogP contribution in [0.5, 0.6) is 11.5 Å². The van der Waals surface area contributed by atoms with Crippen LogP contribution >= 0.6 is 10.8 Å². The Kier molecular flexibility index (Phi) is 4.39. The number of hydrogen-bond donors (Lipinski definition) is 1. The summed E-state index contributed by atoms with van der Waals surface area (Å²) in [5, 5.41) is 10.3. The largest absolute Gasteiger partial charge is 0.590 e. The van der Waals surface area contributed by atoms with Crippen molar-refractivity contribution in [1.82, 2.24) is 0 Å². The Morgan fingerprint density at radius 3 is 2.30 bits per heavy atom. The summed E-state index contributed by atoms with van der Waals surface area (Å²) in [6, 6.07) is 20.5. The Balaban J connectivity index is 1.96. The van der Waals surface area contributed by atoms with Gasteiger partial charge < -0.3 is 14.4 Å². The quantitative estimate of drug-likeness (QED) is 0.394. The maximum atomic E-state index is 13.3. The van der Waals surface area contributed by atoms with Gasteiger partial charge in [0.05, 0.1) is 18.1 Å². The van der Waals surface area contributed by atoms with Gasteiger partial charge in [-0.15, -0.1) is 0 Å². The highest BCUT2D eigenvalue weighted by molar-refractivity contribution is 7.35. The molecule has 0 radical (unpaired) electrons. The molecule has 134 valence electrons. The van der Waals surface area contributed by atoms with Crippen LogP contribution in [-0.2, 0) is 0 Å². The second kappa shape index (κ2) is 6.87. The summed E-state index contributed by atoms with van der Waals surface area (Å²) in [4.78, 5) is 13.8. The van der Waals surface area contributed by atoms with Gasteiger partial charge in [-0.2, -0.15) is 0 Å². The molecule has 0 fully saturated rings. The highest BCUT2D eigenvalue weighted by Crippen LogP contribution is 2.45. The van der Waals surface area contributed by atoms with Gasteiger partial charge in [0, 0.05) is 11.1 Å². The van der Waals surface area contributed by atoms with Gasteiger partial charge in [0.25, 0.3) is 0 Å². The van der Waals surface area contributed by atoms with E-state index < -0.39 is 10.8 Å². The van der Waals surface area contributed by atoms with Crippen molar-refractivity contribution in [3.8, 4) is 21.9 Å². The highest BCUT2D eigenvalue weighted by Gasteiger charge is 2.29. The van der Waals surface area contributed by atoms with Crippen LogP contribution in [0.1, 0.15) is 15.9 Å². The number of fused-ring (bicyclic) bond motifs is 1. The van der Waals surface area contributed by atoms with E-state index in [1.54, 1.807) is 49.6 Å². The molecule has 5 heteroatoms. The molecular weight excluding hydrogens is 360 g/mol. The van der Waals surface area contributed by atoms with Crippen molar-refractivity contribution >= 4 is 26.6 Å². The zero-order valence-corrected chi connectivity index (χ0v) is 15.3. The number of benzene rings is 3. The predicted octanol–water partition coefficient (Wildman–Crippen LogP) is 5.18. The summed E-state index contributed by atoms with van der Waals surface area (Å²) in [5.74, 6) is 0.581. The van der Waals surface area contributed by atoms with E-state index in [1.165, 1.54) is 12.1 Å². The Hall–Kier alpha value is -3.15. The summed E-state index contributed by atoms with van der Waals surface area (Å²) in [7, 11) is 0.0970. The van der Waals surface area contributed by atoms with Gasteiger partial charge in [0.1, 0.15) is 11.5 Å². The Morgan fingerprint density at radius 2 is 1.63 bits per heavy atom. The SMILES string of the molecule is COc1ccc(C(=O)c2c(-c3ccc(O)cc3)[s+]([O-])c3ccccc23)cc1. The van der Waals surface area contributed by atoms with Crippen LogP contribution in [0.4, 0.5) is 0 Å². The molecule has 0 aliphatic rings. The van der Waals surface area contributed by atoms with Gasteiger partial charge in [-0.05, 0) is 71.4 Å². The van der Waals surface area contributed by atoms with Gasteiger partial charge >= 0.3 is 0 Å². The Bertz CT molecular complexity index is 1130. The lowest BCUT2D eigenvalue weighted by Crippen LogP contribution is -2.02. The Morgan fingerprint density at radius 1 is 0.963 bits per heavy atom. The molecule has 0 saturated carbocycles. The van der Waals surface area contributed by atoms with E-state index in [2.05, 4.69) is 0 Å². The third-order valence-electron chi connectivity index (χ3n) is 4.48. The lowest BCUT2D eigenvalue weighted by atomic mass is 9.97. The molecule has 4 rings (SSSR count). The van der Waals surface area contributed by atoms with E-state index >= 15 is 0 Å². The van der Waals surface area contributed by atoms with Crippen molar-refractivity contribution < 1.29 is 19.2 Å². The Labute approximate surface area is 159 Å². The number of ether oxygens (including phenoxy) is 1. The van der Waals surface area contributed by atoms with Crippen LogP contribution in [-0.4, -0.2) is 22.6 Å². The monoisotopic (exact) mass is 376 g/mol. The number of phenols is 1. The first-order valence-electron chi connectivity index (χ1n) is 8.34. The van der Waals surface area contributed by atoms with Gasteiger partial charge in [0.15, 0.2) is 15.4 Å². The van der Waals surface area contributed by atoms with Crippen molar-refractivity contribution in [3.63, 3.8) is 0 Å². The first-order chi connectivity index (χ1) is 13.1. The minimum absolute atomic E-state index is 0.115. The normalized spacial score (nSPS) is 11.6. The third-order valence-corrected chi connectivity index (χ3v) is 6.04. The first kappa shape index (κ1) is 17.3. The number of ketones is 1. The molecule has 1 atom stereocenters. The minimum Gasteiger partial charge on any atom is -0.590 e. The first-order valence-corrected chi connectivity index (χ1v) is 9.48. The summed E-state index contributed by atoms with van der Waals surface area (Å²) in [6.07, 6.45) is 0. The van der Waals surface area contributed by atoms with Crippen molar-refractivity contribution in [1.29, 1.82) is 0 Å². The van der Waals surface area contributed by atoms with E-state index in [1.807, 2.05) is 18.2 Å². The smallest absolute Gasteiger partial charge is 0.199 e. The van der Waals surface area contributed by atoms with Crippen LogP contribution in [0.25, 0.3) is 20.5 Å². The van der Waals surface area contributed by atoms with E-state index in [0.717, 1.165) is 0 Å². The fourth-order valence-corrected chi connectivity index (χ4v) is 4.67. The minimum atomic E-state index is -1.47. The van der Waals surface area contributed by atoms with Crippen molar-refractivity contribution in [3.05, 3.63) is 83.9 Å². The summed E-state index contributed by atoms with van der Waals surface area (Å²) >= 11 is 0. The van der Waals surface area contributed by atoms with Crippen LogP contribution in [0.2, 0.25) is 0 Å². The fourth-order valence-electron chi connectivity index (χ4n) is 3.14. The van der Waals surface area contributed by atoms with E-state index in [4.69, 9.17) is 4.74 Å². The highest BCUT2D eigenvalue weighted by atomic mass is 32.2. The molecule has 27 heavy (non-hydrogen) atoms. The average molecular weight is 376 g/mol. The van der Waals surface area contributed by atoms with Gasteiger partial charge in [0.2, 0.25) is 0 Å². The maximum absolute atomic E-state index is 13.3. The van der Waals surface area contributed by atoms with Gasteiger partial charge in [-0.3, -0.25) is 4.79 Å². The molecule has 0 aliphatic heterocycles. The standard InChI is InChI=1S/C22H16O4S/c1-26-17-12-8-14(9-13-17)21(24)20-18-4-2-3-5-19(18)27(25)22(20)15-6-10-16(23)11-7-15/h2-13,23H,1H3. The molecule has 4 aromatic rings. The molecule has 1 unspecified atom stereocenters. The molecular formula is C22H16O4S. The molecule has 1 N–H and O–H groups in total. The molecule has 4 nitrogen and oxygen atoms in total. The number of phenolic OH excluding ortho intramolecular Hbond substituents is 1. The molecule has 1 aromatic heterocycles. The van der Waals surface area contributed by atoms with Crippen LogP contribution < -0.4 is 4.74 Å². The molecule has 0 spiro atoms. The van der Waals surface area contributed by atoms with E-state index in [9.17, 15) is 14.5 Å². The molecule has 3 aromatic carbocycles. The molecule has 0 amide bonds. The van der Waals surface area contributed by atoms with Crippen molar-refractivity contribution in [2.45, 2.75) is 0 Å².